The maximum atomic E-state index is 7.46. The highest BCUT2D eigenvalue weighted by Gasteiger charge is 2.13. The number of hydrogen-bond acceptors (Lipinski definition) is 3. The maximum absolute atomic E-state index is 7.46. The van der Waals surface area contributed by atoms with Crippen LogP contribution in [0.15, 0.2) is 53.1 Å². The second-order valence-electron chi connectivity index (χ2n) is 5.23. The molecule has 0 aliphatic carbocycles. The van der Waals surface area contributed by atoms with Crippen molar-refractivity contribution < 1.29 is 8.53 Å². The lowest BCUT2D eigenvalue weighted by molar-refractivity contribution is 0.652. The molecule has 0 aliphatic heterocycles. The number of furan rings is 1. The van der Waals surface area contributed by atoms with E-state index < -0.39 is 6.85 Å². The first kappa shape index (κ1) is 10.1. The minimum absolute atomic E-state index is 0.224. The van der Waals surface area contributed by atoms with Gasteiger partial charge in [0, 0.05) is 32.3 Å². The Hall–Kier alpha value is -2.68. The van der Waals surface area contributed by atoms with Gasteiger partial charge in [0.15, 0.2) is 0 Å². The largest absolute Gasteiger partial charge is 0.437 e. The van der Waals surface area contributed by atoms with Gasteiger partial charge >= 0.3 is 0 Å². The predicted molar refractivity (Wildman–Crippen MR) is 88.9 cm³/mol. The number of fused-ring (bicyclic) bond motifs is 3. The van der Waals surface area contributed by atoms with Crippen LogP contribution in [0.2, 0.25) is 0 Å². The molecule has 0 saturated heterocycles. The van der Waals surface area contributed by atoms with E-state index in [-0.39, 0.29) is 5.56 Å². The van der Waals surface area contributed by atoms with Crippen molar-refractivity contribution in [3.05, 3.63) is 59.9 Å². The normalized spacial score (nSPS) is 14.0. The van der Waals surface area contributed by atoms with Crippen LogP contribution in [0.5, 0.6) is 0 Å². The van der Waals surface area contributed by atoms with Crippen LogP contribution < -0.4 is 0 Å². The van der Waals surface area contributed by atoms with E-state index in [1.807, 2.05) is 30.3 Å². The number of hydrogen-bond donors (Lipinski definition) is 0. The van der Waals surface area contributed by atoms with Gasteiger partial charge in [-0.25, -0.2) is 4.98 Å². The van der Waals surface area contributed by atoms with E-state index >= 15 is 0 Å². The van der Waals surface area contributed by atoms with Crippen molar-refractivity contribution in [1.29, 1.82) is 0 Å². The van der Waals surface area contributed by atoms with Crippen molar-refractivity contribution in [1.82, 2.24) is 9.97 Å². The Morgan fingerprint density at radius 3 is 2.82 bits per heavy atom. The molecule has 0 saturated carbocycles. The molecule has 0 spiro atoms. The SMILES string of the molecule is [2H]C([2H])([2H])c1ccc(-c2cccc3c2oc2nc(CC)ccc23)nc1. The molecule has 0 fully saturated rings. The number of aryl methyl sites for hydroxylation is 2. The number of pyridine rings is 2. The van der Waals surface area contributed by atoms with Gasteiger partial charge in [0.2, 0.25) is 5.71 Å². The van der Waals surface area contributed by atoms with Gasteiger partial charge in [-0.2, -0.15) is 0 Å². The second-order valence-corrected chi connectivity index (χ2v) is 5.23. The Labute approximate surface area is 132 Å². The van der Waals surface area contributed by atoms with E-state index in [1.165, 1.54) is 6.20 Å². The Bertz CT molecular complexity index is 1070. The molecular weight excluding hydrogens is 272 g/mol. The van der Waals surface area contributed by atoms with Crippen molar-refractivity contribution in [2.24, 2.45) is 0 Å². The zero-order valence-electron chi connectivity index (χ0n) is 15.1. The zero-order valence-corrected chi connectivity index (χ0v) is 12.1. The van der Waals surface area contributed by atoms with Crippen molar-refractivity contribution in [3.8, 4) is 11.3 Å². The summed E-state index contributed by atoms with van der Waals surface area (Å²) in [6.07, 6.45) is 2.25. The fourth-order valence-corrected chi connectivity index (χ4v) is 2.67. The zero-order chi connectivity index (χ0) is 17.6. The lowest BCUT2D eigenvalue weighted by Crippen LogP contribution is -1.84. The van der Waals surface area contributed by atoms with Crippen LogP contribution in [0.1, 0.15) is 22.3 Å². The van der Waals surface area contributed by atoms with E-state index in [1.54, 1.807) is 12.1 Å². The Kier molecular flexibility index (Phi) is 2.28. The van der Waals surface area contributed by atoms with E-state index in [0.29, 0.717) is 17.0 Å². The molecule has 0 unspecified atom stereocenters. The van der Waals surface area contributed by atoms with Crippen molar-refractivity contribution in [2.75, 3.05) is 0 Å². The molecule has 3 nitrogen and oxygen atoms in total. The van der Waals surface area contributed by atoms with Crippen LogP contribution in [0, 0.1) is 6.85 Å². The summed E-state index contributed by atoms with van der Waals surface area (Å²) in [5, 5.41) is 1.94. The summed E-state index contributed by atoms with van der Waals surface area (Å²) in [5.74, 6) is 0. The van der Waals surface area contributed by atoms with Crippen LogP contribution in [0.4, 0.5) is 0 Å². The fourth-order valence-electron chi connectivity index (χ4n) is 2.67. The highest BCUT2D eigenvalue weighted by atomic mass is 16.3. The topological polar surface area (TPSA) is 38.9 Å². The monoisotopic (exact) mass is 291 g/mol. The molecular formula is C19H16N2O. The summed E-state index contributed by atoms with van der Waals surface area (Å²) < 4.78 is 28.4. The number of nitrogens with zero attached hydrogens (tertiary/aromatic N) is 2. The molecule has 4 aromatic rings. The molecule has 0 N–H and O–H groups in total. The molecule has 4 rings (SSSR count). The van der Waals surface area contributed by atoms with Gasteiger partial charge < -0.3 is 4.42 Å². The summed E-state index contributed by atoms with van der Waals surface area (Å²) in [6, 6.07) is 13.2. The van der Waals surface area contributed by atoms with Crippen LogP contribution in [0.3, 0.4) is 0 Å². The molecule has 3 heterocycles. The second kappa shape index (κ2) is 4.95. The smallest absolute Gasteiger partial charge is 0.227 e. The van der Waals surface area contributed by atoms with Gasteiger partial charge in [-0.3, -0.25) is 4.98 Å². The van der Waals surface area contributed by atoms with Crippen LogP contribution in [-0.4, -0.2) is 9.97 Å². The Balaban J connectivity index is 1.90. The molecule has 22 heavy (non-hydrogen) atoms. The first-order valence-electron chi connectivity index (χ1n) is 8.75. The molecule has 3 aromatic heterocycles. The minimum Gasteiger partial charge on any atom is -0.437 e. The highest BCUT2D eigenvalue weighted by Crippen LogP contribution is 2.34. The van der Waals surface area contributed by atoms with Crippen molar-refractivity contribution >= 4 is 22.1 Å². The van der Waals surface area contributed by atoms with Gasteiger partial charge in [-0.1, -0.05) is 25.1 Å². The third-order valence-electron chi connectivity index (χ3n) is 3.82. The van der Waals surface area contributed by atoms with Crippen molar-refractivity contribution in [3.63, 3.8) is 0 Å². The molecule has 0 radical (unpaired) electrons. The summed E-state index contributed by atoms with van der Waals surface area (Å²) in [5.41, 5.74) is 4.03. The summed E-state index contributed by atoms with van der Waals surface area (Å²) in [4.78, 5) is 8.88. The summed E-state index contributed by atoms with van der Waals surface area (Å²) in [7, 11) is 0. The molecule has 0 aliphatic rings. The third kappa shape index (κ3) is 1.98. The molecule has 0 amide bonds. The quantitative estimate of drug-likeness (QED) is 0.526. The highest BCUT2D eigenvalue weighted by molar-refractivity contribution is 6.08. The lowest BCUT2D eigenvalue weighted by atomic mass is 10.1. The lowest BCUT2D eigenvalue weighted by Gasteiger charge is -2.01. The van der Waals surface area contributed by atoms with Crippen LogP contribution in [0.25, 0.3) is 33.3 Å². The molecule has 0 bridgehead atoms. The number of benzene rings is 1. The first-order chi connectivity index (χ1) is 12.0. The number of rotatable bonds is 2. The maximum Gasteiger partial charge on any atom is 0.227 e. The average Bonchev–Trinajstić information content (AvgIpc) is 2.98. The Morgan fingerprint density at radius 1 is 1.09 bits per heavy atom. The van der Waals surface area contributed by atoms with Gasteiger partial charge in [-0.15, -0.1) is 0 Å². The molecule has 3 heteroatoms. The summed E-state index contributed by atoms with van der Waals surface area (Å²) in [6.45, 7) is -0.101. The van der Waals surface area contributed by atoms with Gasteiger partial charge in [0.1, 0.15) is 5.58 Å². The van der Waals surface area contributed by atoms with E-state index in [0.717, 1.165) is 28.5 Å². The van der Waals surface area contributed by atoms with Crippen molar-refractivity contribution in [2.45, 2.75) is 20.2 Å². The molecule has 1 aromatic carbocycles. The summed E-state index contributed by atoms with van der Waals surface area (Å²) >= 11 is 0. The molecule has 0 atom stereocenters. The standard InChI is InChI=1S/C19H16N2O/c1-3-13-8-9-15-14-5-4-6-16(18(14)22-19(15)21-13)17-10-7-12(2)11-20-17/h4-11H,3H2,1-2H3/i2D3. The average molecular weight is 291 g/mol. The van der Waals surface area contributed by atoms with Gasteiger partial charge in [0.05, 0.1) is 5.69 Å². The third-order valence-corrected chi connectivity index (χ3v) is 3.82. The Morgan fingerprint density at radius 2 is 2.05 bits per heavy atom. The first-order valence-corrected chi connectivity index (χ1v) is 7.25. The van der Waals surface area contributed by atoms with Crippen LogP contribution in [-0.2, 0) is 6.42 Å². The van der Waals surface area contributed by atoms with E-state index in [9.17, 15) is 0 Å². The van der Waals surface area contributed by atoms with E-state index in [2.05, 4.69) is 16.9 Å². The number of aromatic nitrogens is 2. The van der Waals surface area contributed by atoms with Gasteiger partial charge in [0.25, 0.3) is 0 Å². The molecule has 108 valence electrons. The van der Waals surface area contributed by atoms with Gasteiger partial charge in [-0.05, 0) is 43.1 Å². The number of para-hydroxylation sites is 1. The predicted octanol–water partition coefficient (Wildman–Crippen LogP) is 4.91. The fraction of sp³-hybridized carbons (Fsp3) is 0.158. The van der Waals surface area contributed by atoms with Crippen LogP contribution >= 0.6 is 0 Å². The van der Waals surface area contributed by atoms with E-state index in [4.69, 9.17) is 8.53 Å². The minimum atomic E-state index is -2.16.